The number of aromatic hydroxyl groups is 1. The van der Waals surface area contributed by atoms with Gasteiger partial charge in [0.15, 0.2) is 0 Å². The van der Waals surface area contributed by atoms with E-state index in [0.717, 1.165) is 35.0 Å². The van der Waals surface area contributed by atoms with Gasteiger partial charge < -0.3 is 10.8 Å². The molecule has 106 valence electrons. The van der Waals surface area contributed by atoms with Crippen LogP contribution in [0.4, 0.5) is 5.82 Å². The average molecular weight is 336 g/mol. The second kappa shape index (κ2) is 5.13. The molecule has 3 N–H and O–H groups in total. The van der Waals surface area contributed by atoms with E-state index in [4.69, 9.17) is 5.73 Å². The minimum Gasteiger partial charge on any atom is -0.506 e. The van der Waals surface area contributed by atoms with Crippen molar-refractivity contribution >= 4 is 21.7 Å². The zero-order chi connectivity index (χ0) is 14.3. The summed E-state index contributed by atoms with van der Waals surface area (Å²) >= 11 is 3.46. The van der Waals surface area contributed by atoms with E-state index in [1.165, 1.54) is 24.0 Å². The lowest BCUT2D eigenvalue weighted by Crippen LogP contribution is -1.99. The van der Waals surface area contributed by atoms with Gasteiger partial charge in [0.2, 0.25) is 0 Å². The highest BCUT2D eigenvalue weighted by Gasteiger charge is 2.21. The zero-order valence-electron chi connectivity index (χ0n) is 11.5. The monoisotopic (exact) mass is 335 g/mol. The molecule has 0 atom stereocenters. The highest BCUT2D eigenvalue weighted by molar-refractivity contribution is 9.10. The van der Waals surface area contributed by atoms with E-state index < -0.39 is 0 Å². The number of aromatic nitrogens is 2. The molecule has 4 nitrogen and oxygen atoms in total. The van der Waals surface area contributed by atoms with Gasteiger partial charge in [-0.15, -0.1) is 0 Å². The summed E-state index contributed by atoms with van der Waals surface area (Å²) in [7, 11) is 1.81. The third-order valence-corrected chi connectivity index (χ3v) is 4.60. The predicted octanol–water partition coefficient (Wildman–Crippen LogP) is 3.41. The number of hydrogen-bond donors (Lipinski definition) is 2. The van der Waals surface area contributed by atoms with Crippen LogP contribution in [0.1, 0.15) is 30.4 Å². The summed E-state index contributed by atoms with van der Waals surface area (Å²) in [6.07, 6.45) is 5.64. The Morgan fingerprint density at radius 2 is 2.00 bits per heavy atom. The lowest BCUT2D eigenvalue weighted by atomic mass is 9.94. The largest absolute Gasteiger partial charge is 0.506 e. The lowest BCUT2D eigenvalue weighted by Gasteiger charge is -2.14. The number of fused-ring (bicyclic) bond motifs is 1. The van der Waals surface area contributed by atoms with E-state index in [-0.39, 0.29) is 5.75 Å². The summed E-state index contributed by atoms with van der Waals surface area (Å²) in [4.78, 5) is 0. The van der Waals surface area contributed by atoms with E-state index in [2.05, 4.69) is 21.0 Å². The molecule has 0 unspecified atom stereocenters. The van der Waals surface area contributed by atoms with Crippen LogP contribution in [0.25, 0.3) is 11.3 Å². The fourth-order valence-corrected chi connectivity index (χ4v) is 3.39. The predicted molar refractivity (Wildman–Crippen MR) is 83.7 cm³/mol. The average Bonchev–Trinajstić information content (AvgIpc) is 2.62. The normalized spacial score (nSPS) is 14.9. The molecule has 0 saturated heterocycles. The number of nitrogens with two attached hydrogens (primary N) is 1. The van der Waals surface area contributed by atoms with Crippen molar-refractivity contribution < 1.29 is 5.11 Å². The summed E-state index contributed by atoms with van der Waals surface area (Å²) in [5, 5.41) is 14.9. The first kappa shape index (κ1) is 13.5. The number of phenols is 1. The Kier molecular flexibility index (Phi) is 3.46. The Labute approximate surface area is 126 Å². The molecule has 0 bridgehead atoms. The van der Waals surface area contributed by atoms with E-state index in [9.17, 15) is 5.11 Å². The van der Waals surface area contributed by atoms with Gasteiger partial charge in [-0.2, -0.15) is 5.10 Å². The Morgan fingerprint density at radius 3 is 2.70 bits per heavy atom. The van der Waals surface area contributed by atoms with Crippen LogP contribution in [0, 0.1) is 0 Å². The molecule has 1 heterocycles. The third-order valence-electron chi connectivity index (χ3n) is 4.00. The van der Waals surface area contributed by atoms with Crippen LogP contribution in [0.15, 0.2) is 16.6 Å². The van der Waals surface area contributed by atoms with Crippen LogP contribution in [0.5, 0.6) is 5.75 Å². The van der Waals surface area contributed by atoms with Crippen LogP contribution in [-0.2, 0) is 19.9 Å². The van der Waals surface area contributed by atoms with Gasteiger partial charge in [-0.25, -0.2) is 0 Å². The second-order valence-electron chi connectivity index (χ2n) is 5.36. The van der Waals surface area contributed by atoms with Gasteiger partial charge in [-0.1, -0.05) is 6.42 Å². The molecular formula is C15H18BrN3O. The fraction of sp³-hybridized carbons (Fsp3) is 0.400. The fourth-order valence-electron chi connectivity index (χ4n) is 2.91. The molecular weight excluding hydrogens is 318 g/mol. The van der Waals surface area contributed by atoms with Crippen LogP contribution in [0.3, 0.4) is 0 Å². The Balaban J connectivity index is 2.25. The number of nitrogens with zero attached hydrogens (tertiary/aromatic N) is 2. The van der Waals surface area contributed by atoms with Gasteiger partial charge in [0.05, 0.1) is 10.2 Å². The number of hydrogen-bond acceptors (Lipinski definition) is 3. The molecule has 1 aliphatic carbocycles. The van der Waals surface area contributed by atoms with E-state index in [0.29, 0.717) is 5.82 Å². The molecule has 0 aliphatic heterocycles. The van der Waals surface area contributed by atoms with E-state index >= 15 is 0 Å². The standard InChI is InChI=1S/C15H18BrN3O/c1-19-13(17)8-12(18-19)14-10-6-4-2-3-5-9(10)7-11(16)15(14)20/h7-8,20H,2-6,17H2,1H3. The smallest absolute Gasteiger partial charge is 0.139 e. The lowest BCUT2D eigenvalue weighted by molar-refractivity contribution is 0.472. The highest BCUT2D eigenvalue weighted by Crippen LogP contribution is 2.42. The van der Waals surface area contributed by atoms with E-state index in [1.807, 2.05) is 19.2 Å². The van der Waals surface area contributed by atoms with Crippen LogP contribution in [0.2, 0.25) is 0 Å². The second-order valence-corrected chi connectivity index (χ2v) is 6.21. The van der Waals surface area contributed by atoms with Gasteiger partial charge in [-0.3, -0.25) is 4.68 Å². The number of phenolic OH excluding ortho intramolecular Hbond substituents is 1. The van der Waals surface area contributed by atoms with E-state index in [1.54, 1.807) is 4.68 Å². The Bertz CT molecular complexity index is 644. The molecule has 0 saturated carbocycles. The Morgan fingerprint density at radius 1 is 1.25 bits per heavy atom. The molecule has 5 heteroatoms. The summed E-state index contributed by atoms with van der Waals surface area (Å²) in [5.41, 5.74) is 10.0. The number of anilines is 1. The van der Waals surface area contributed by atoms with Gasteiger partial charge in [0.25, 0.3) is 0 Å². The molecule has 2 aromatic rings. The van der Waals surface area contributed by atoms with Crippen LogP contribution < -0.4 is 5.73 Å². The van der Waals surface area contributed by atoms with Crippen molar-refractivity contribution in [3.8, 4) is 17.0 Å². The zero-order valence-corrected chi connectivity index (χ0v) is 13.1. The van der Waals surface area contributed by atoms with Crippen molar-refractivity contribution in [2.75, 3.05) is 5.73 Å². The van der Waals surface area contributed by atoms with Crippen molar-refractivity contribution in [3.63, 3.8) is 0 Å². The van der Waals surface area contributed by atoms with Crippen LogP contribution >= 0.6 is 15.9 Å². The number of rotatable bonds is 1. The van der Waals surface area contributed by atoms with Crippen molar-refractivity contribution in [3.05, 3.63) is 27.7 Å². The van der Waals surface area contributed by atoms with Gasteiger partial charge in [0.1, 0.15) is 11.6 Å². The number of aryl methyl sites for hydroxylation is 2. The van der Waals surface area contributed by atoms with Gasteiger partial charge >= 0.3 is 0 Å². The molecule has 0 amide bonds. The van der Waals surface area contributed by atoms with Gasteiger partial charge in [0, 0.05) is 18.7 Å². The maximum absolute atomic E-state index is 10.5. The van der Waals surface area contributed by atoms with Crippen molar-refractivity contribution in [2.24, 2.45) is 7.05 Å². The molecule has 0 spiro atoms. The number of halogens is 1. The van der Waals surface area contributed by atoms with Crippen LogP contribution in [-0.4, -0.2) is 14.9 Å². The summed E-state index contributed by atoms with van der Waals surface area (Å²) in [6, 6.07) is 3.87. The molecule has 0 radical (unpaired) electrons. The first-order valence-electron chi connectivity index (χ1n) is 6.91. The Hall–Kier alpha value is -1.49. The third kappa shape index (κ3) is 2.20. The van der Waals surface area contributed by atoms with Crippen molar-refractivity contribution in [1.82, 2.24) is 9.78 Å². The van der Waals surface area contributed by atoms with Crippen molar-refractivity contribution in [2.45, 2.75) is 32.1 Å². The highest BCUT2D eigenvalue weighted by atomic mass is 79.9. The maximum atomic E-state index is 10.5. The summed E-state index contributed by atoms with van der Waals surface area (Å²) in [6.45, 7) is 0. The molecule has 1 aromatic carbocycles. The SMILES string of the molecule is Cn1nc(-c2c(O)c(Br)cc3c2CCCCC3)cc1N. The van der Waals surface area contributed by atoms with Gasteiger partial charge in [-0.05, 0) is 58.8 Å². The quantitative estimate of drug-likeness (QED) is 0.785. The summed E-state index contributed by atoms with van der Waals surface area (Å²) in [5.74, 6) is 0.866. The molecule has 1 aliphatic rings. The molecule has 0 fully saturated rings. The molecule has 20 heavy (non-hydrogen) atoms. The number of benzene rings is 1. The minimum atomic E-state index is 0.267. The minimum absolute atomic E-state index is 0.267. The maximum Gasteiger partial charge on any atom is 0.139 e. The number of nitrogen functional groups attached to an aromatic ring is 1. The first-order valence-corrected chi connectivity index (χ1v) is 7.70. The molecule has 1 aromatic heterocycles. The first-order chi connectivity index (χ1) is 9.58. The molecule has 3 rings (SSSR count). The van der Waals surface area contributed by atoms with Crippen molar-refractivity contribution in [1.29, 1.82) is 0 Å². The topological polar surface area (TPSA) is 64.1 Å². The summed E-state index contributed by atoms with van der Waals surface area (Å²) < 4.78 is 2.37.